The van der Waals surface area contributed by atoms with Crippen LogP contribution in [-0.4, -0.2) is 29.6 Å². The van der Waals surface area contributed by atoms with Crippen molar-refractivity contribution in [2.45, 2.75) is 40.7 Å². The van der Waals surface area contributed by atoms with E-state index < -0.39 is 17.9 Å². The fraction of sp³-hybridized carbons (Fsp3) is 0.500. The highest BCUT2D eigenvalue weighted by Crippen LogP contribution is 2.19. The van der Waals surface area contributed by atoms with E-state index in [4.69, 9.17) is 0 Å². The largest absolute Gasteiger partial charge is 0.391 e. The van der Waals surface area contributed by atoms with Crippen molar-refractivity contribution in [1.29, 1.82) is 0 Å². The maximum atomic E-state index is 11.8. The monoisotopic (exact) mass is 292 g/mol. The summed E-state index contributed by atoms with van der Waals surface area (Å²) >= 11 is 0. The normalized spacial score (nSPS) is 12.7. The average Bonchev–Trinajstić information content (AvgIpc) is 2.39. The number of anilines is 1. The maximum Gasteiger partial charge on any atom is 0.313 e. The molecule has 116 valence electrons. The number of rotatable bonds is 3. The van der Waals surface area contributed by atoms with Crippen molar-refractivity contribution in [3.05, 3.63) is 29.3 Å². The highest BCUT2D eigenvalue weighted by Gasteiger charge is 2.24. The smallest absolute Gasteiger partial charge is 0.313 e. The molecule has 0 bridgehead atoms. The molecule has 0 saturated heterocycles. The lowest BCUT2D eigenvalue weighted by Crippen LogP contribution is -2.43. The highest BCUT2D eigenvalue weighted by molar-refractivity contribution is 6.39. The summed E-state index contributed by atoms with van der Waals surface area (Å²) in [4.78, 5) is 23.6. The zero-order valence-electron chi connectivity index (χ0n) is 13.3. The van der Waals surface area contributed by atoms with E-state index >= 15 is 0 Å². The van der Waals surface area contributed by atoms with E-state index in [0.717, 1.165) is 11.1 Å². The van der Waals surface area contributed by atoms with Crippen molar-refractivity contribution in [2.75, 3.05) is 11.9 Å². The van der Waals surface area contributed by atoms with Gasteiger partial charge in [0.2, 0.25) is 0 Å². The van der Waals surface area contributed by atoms with Gasteiger partial charge in [-0.2, -0.15) is 0 Å². The molecule has 2 amide bonds. The number of carbonyl (C=O) groups excluding carboxylic acids is 2. The van der Waals surface area contributed by atoms with Crippen LogP contribution >= 0.6 is 0 Å². The van der Waals surface area contributed by atoms with Gasteiger partial charge in [0.15, 0.2) is 0 Å². The van der Waals surface area contributed by atoms with Crippen molar-refractivity contribution in [2.24, 2.45) is 5.41 Å². The molecule has 0 aromatic heterocycles. The quantitative estimate of drug-likeness (QED) is 0.743. The summed E-state index contributed by atoms with van der Waals surface area (Å²) in [5.41, 5.74) is 2.23. The van der Waals surface area contributed by atoms with Gasteiger partial charge in [-0.1, -0.05) is 32.9 Å². The molecule has 1 aromatic rings. The minimum Gasteiger partial charge on any atom is -0.391 e. The number of aliphatic hydroxyl groups excluding tert-OH is 1. The van der Waals surface area contributed by atoms with Crippen molar-refractivity contribution in [1.82, 2.24) is 5.32 Å². The summed E-state index contributed by atoms with van der Waals surface area (Å²) in [6.07, 6.45) is -0.713. The first-order valence-corrected chi connectivity index (χ1v) is 6.96. The van der Waals surface area contributed by atoms with Crippen molar-refractivity contribution < 1.29 is 14.7 Å². The molecule has 5 nitrogen and oxygen atoms in total. The lowest BCUT2D eigenvalue weighted by Gasteiger charge is -2.25. The van der Waals surface area contributed by atoms with E-state index in [1.165, 1.54) is 0 Å². The Hall–Kier alpha value is -1.88. The van der Waals surface area contributed by atoms with Gasteiger partial charge < -0.3 is 15.7 Å². The molecule has 21 heavy (non-hydrogen) atoms. The van der Waals surface area contributed by atoms with Gasteiger partial charge in [-0.15, -0.1) is 0 Å². The van der Waals surface area contributed by atoms with Gasteiger partial charge in [0.25, 0.3) is 0 Å². The van der Waals surface area contributed by atoms with Crippen LogP contribution in [0.4, 0.5) is 5.69 Å². The van der Waals surface area contributed by atoms with Crippen LogP contribution in [0.5, 0.6) is 0 Å². The summed E-state index contributed by atoms with van der Waals surface area (Å²) in [5, 5.41) is 14.9. The fourth-order valence-corrected chi connectivity index (χ4v) is 1.64. The zero-order chi connectivity index (χ0) is 16.2. The number of aryl methyl sites for hydroxylation is 1. The maximum absolute atomic E-state index is 11.8. The van der Waals surface area contributed by atoms with Crippen molar-refractivity contribution >= 4 is 17.5 Å². The second-order valence-electron chi connectivity index (χ2n) is 6.29. The number of benzene rings is 1. The van der Waals surface area contributed by atoms with Crippen LogP contribution in [-0.2, 0) is 9.59 Å². The van der Waals surface area contributed by atoms with E-state index in [2.05, 4.69) is 10.6 Å². The van der Waals surface area contributed by atoms with Crippen LogP contribution in [0.1, 0.15) is 31.9 Å². The predicted octanol–water partition coefficient (Wildman–Crippen LogP) is 1.77. The van der Waals surface area contributed by atoms with Gasteiger partial charge in [0, 0.05) is 12.2 Å². The van der Waals surface area contributed by atoms with E-state index in [-0.39, 0.29) is 12.0 Å². The first kappa shape index (κ1) is 17.2. The molecule has 0 aliphatic carbocycles. The van der Waals surface area contributed by atoms with Crippen LogP contribution in [0.2, 0.25) is 0 Å². The van der Waals surface area contributed by atoms with Crippen LogP contribution in [0.15, 0.2) is 18.2 Å². The summed E-state index contributed by atoms with van der Waals surface area (Å²) in [6.45, 7) is 9.44. The molecule has 0 heterocycles. The predicted molar refractivity (Wildman–Crippen MR) is 83.0 cm³/mol. The number of hydrogen-bond acceptors (Lipinski definition) is 3. The fourth-order valence-electron chi connectivity index (χ4n) is 1.64. The Kier molecular flexibility index (Phi) is 5.49. The minimum atomic E-state index is -0.751. The number of nitrogens with one attached hydrogen (secondary N) is 2. The summed E-state index contributed by atoms with van der Waals surface area (Å²) < 4.78 is 0. The lowest BCUT2D eigenvalue weighted by molar-refractivity contribution is -0.136. The molecule has 1 atom stereocenters. The third kappa shape index (κ3) is 4.86. The molecule has 1 aromatic carbocycles. The first-order chi connectivity index (χ1) is 9.62. The SMILES string of the molecule is Cc1cccc(NC(=O)C(=O)NCC(O)C(C)(C)C)c1C. The third-order valence-corrected chi connectivity index (χ3v) is 3.51. The zero-order valence-corrected chi connectivity index (χ0v) is 13.3. The van der Waals surface area contributed by atoms with E-state index in [1.807, 2.05) is 46.8 Å². The van der Waals surface area contributed by atoms with Crippen LogP contribution < -0.4 is 10.6 Å². The van der Waals surface area contributed by atoms with E-state index in [9.17, 15) is 14.7 Å². The Bertz CT molecular complexity index is 533. The molecule has 0 spiro atoms. The highest BCUT2D eigenvalue weighted by atomic mass is 16.3. The molecule has 0 aliphatic rings. The Morgan fingerprint density at radius 1 is 1.19 bits per heavy atom. The molecule has 0 aliphatic heterocycles. The molecule has 0 radical (unpaired) electrons. The molecule has 1 unspecified atom stereocenters. The molecule has 3 N–H and O–H groups in total. The van der Waals surface area contributed by atoms with E-state index in [0.29, 0.717) is 5.69 Å². The summed E-state index contributed by atoms with van der Waals surface area (Å²) in [6, 6.07) is 5.50. The number of amides is 2. The van der Waals surface area contributed by atoms with Crippen molar-refractivity contribution in [3.63, 3.8) is 0 Å². The number of carbonyl (C=O) groups is 2. The molecule has 5 heteroatoms. The van der Waals surface area contributed by atoms with Gasteiger partial charge >= 0.3 is 11.8 Å². The van der Waals surface area contributed by atoms with Gasteiger partial charge in [0.1, 0.15) is 0 Å². The minimum absolute atomic E-state index is 0.0442. The van der Waals surface area contributed by atoms with E-state index in [1.54, 1.807) is 6.07 Å². The lowest BCUT2D eigenvalue weighted by atomic mass is 9.89. The average molecular weight is 292 g/mol. The Morgan fingerprint density at radius 2 is 1.81 bits per heavy atom. The Morgan fingerprint density at radius 3 is 2.38 bits per heavy atom. The van der Waals surface area contributed by atoms with Crippen LogP contribution in [0.3, 0.4) is 0 Å². The molecule has 1 rings (SSSR count). The van der Waals surface area contributed by atoms with Gasteiger partial charge in [-0.05, 0) is 36.5 Å². The molecule has 0 saturated carbocycles. The topological polar surface area (TPSA) is 78.4 Å². The second-order valence-corrected chi connectivity index (χ2v) is 6.29. The van der Waals surface area contributed by atoms with Gasteiger partial charge in [-0.25, -0.2) is 0 Å². The second kappa shape index (κ2) is 6.72. The molecule has 0 fully saturated rings. The Balaban J connectivity index is 2.60. The number of aliphatic hydroxyl groups is 1. The Labute approximate surface area is 125 Å². The van der Waals surface area contributed by atoms with Crippen molar-refractivity contribution in [3.8, 4) is 0 Å². The molecular weight excluding hydrogens is 268 g/mol. The van der Waals surface area contributed by atoms with Gasteiger partial charge in [-0.3, -0.25) is 9.59 Å². The molecular formula is C16H24N2O3. The summed E-state index contributed by atoms with van der Waals surface area (Å²) in [7, 11) is 0. The van der Waals surface area contributed by atoms with Crippen LogP contribution in [0.25, 0.3) is 0 Å². The number of hydrogen-bond donors (Lipinski definition) is 3. The third-order valence-electron chi connectivity index (χ3n) is 3.51. The van der Waals surface area contributed by atoms with Gasteiger partial charge in [0.05, 0.1) is 6.10 Å². The summed E-state index contributed by atoms with van der Waals surface area (Å²) in [5.74, 6) is -1.48. The first-order valence-electron chi connectivity index (χ1n) is 6.96. The standard InChI is InChI=1S/C16H24N2O3/c1-10-7-6-8-12(11(10)2)18-15(21)14(20)17-9-13(19)16(3,4)5/h6-8,13,19H,9H2,1-5H3,(H,17,20)(H,18,21). The van der Waals surface area contributed by atoms with Crippen LogP contribution in [0, 0.1) is 19.3 Å².